The standard InChI is InChI=1S/C26H22F3N3O3/c1-17-7-6-10-20(15-17)23(33)31-25(26(27,28)29)24(34)32(16-18-11-13-21(35-2)14-12-18)22(30-25)19-8-4-3-5-9-19/h3-15H,16H2,1-2H3,(H,31,33)/t25-/m0/s1. The van der Waals surface area contributed by atoms with E-state index in [4.69, 9.17) is 4.74 Å². The van der Waals surface area contributed by atoms with Crippen molar-refractivity contribution in [2.24, 2.45) is 4.99 Å². The summed E-state index contributed by atoms with van der Waals surface area (Å²) in [5.74, 6) is -2.07. The highest BCUT2D eigenvalue weighted by Crippen LogP contribution is 2.39. The van der Waals surface area contributed by atoms with Crippen molar-refractivity contribution in [2.75, 3.05) is 7.11 Å². The van der Waals surface area contributed by atoms with Crippen molar-refractivity contribution in [3.63, 3.8) is 0 Å². The number of benzene rings is 3. The topological polar surface area (TPSA) is 71.0 Å². The Kier molecular flexibility index (Phi) is 6.34. The highest BCUT2D eigenvalue weighted by atomic mass is 19.4. The lowest BCUT2D eigenvalue weighted by atomic mass is 10.1. The number of carbonyl (C=O) groups is 2. The minimum atomic E-state index is -5.20. The Morgan fingerprint density at radius 3 is 2.31 bits per heavy atom. The number of nitrogens with one attached hydrogen (secondary N) is 1. The van der Waals surface area contributed by atoms with Gasteiger partial charge in [0.2, 0.25) is 0 Å². The Labute approximate surface area is 200 Å². The molecule has 3 aromatic rings. The molecule has 0 radical (unpaired) electrons. The zero-order chi connectivity index (χ0) is 25.2. The molecule has 1 aliphatic rings. The third-order valence-corrected chi connectivity index (χ3v) is 5.60. The average Bonchev–Trinajstić information content (AvgIpc) is 3.12. The number of hydrogen-bond donors (Lipinski definition) is 1. The average molecular weight is 481 g/mol. The molecule has 180 valence electrons. The number of alkyl halides is 3. The van der Waals surface area contributed by atoms with E-state index in [0.29, 0.717) is 22.4 Å². The van der Waals surface area contributed by atoms with E-state index in [9.17, 15) is 22.8 Å². The van der Waals surface area contributed by atoms with E-state index in [1.165, 1.54) is 19.2 Å². The molecule has 9 heteroatoms. The Morgan fingerprint density at radius 1 is 1.03 bits per heavy atom. The number of rotatable bonds is 6. The molecule has 0 aromatic heterocycles. The minimum Gasteiger partial charge on any atom is -0.497 e. The number of aryl methyl sites for hydroxylation is 1. The molecule has 1 aliphatic heterocycles. The zero-order valence-corrected chi connectivity index (χ0v) is 19.0. The van der Waals surface area contributed by atoms with Gasteiger partial charge in [-0.2, -0.15) is 13.2 Å². The number of hydrogen-bond acceptors (Lipinski definition) is 4. The van der Waals surface area contributed by atoms with E-state index in [0.717, 1.165) is 4.90 Å². The molecule has 6 nitrogen and oxygen atoms in total. The summed E-state index contributed by atoms with van der Waals surface area (Å²) in [4.78, 5) is 31.1. The van der Waals surface area contributed by atoms with Crippen molar-refractivity contribution >= 4 is 17.6 Å². The molecule has 0 bridgehead atoms. The van der Waals surface area contributed by atoms with Gasteiger partial charge in [-0.05, 0) is 36.8 Å². The van der Waals surface area contributed by atoms with Gasteiger partial charge < -0.3 is 10.1 Å². The number of amidine groups is 1. The second-order valence-corrected chi connectivity index (χ2v) is 8.07. The van der Waals surface area contributed by atoms with Gasteiger partial charge in [-0.3, -0.25) is 14.5 Å². The summed E-state index contributed by atoms with van der Waals surface area (Å²) < 4.78 is 48.7. The van der Waals surface area contributed by atoms with Crippen LogP contribution in [0.5, 0.6) is 5.75 Å². The lowest BCUT2D eigenvalue weighted by molar-refractivity contribution is -0.196. The van der Waals surface area contributed by atoms with Crippen molar-refractivity contribution in [1.82, 2.24) is 10.2 Å². The summed E-state index contributed by atoms with van der Waals surface area (Å²) in [6.45, 7) is 1.52. The van der Waals surface area contributed by atoms with Crippen LogP contribution in [-0.2, 0) is 11.3 Å². The monoisotopic (exact) mass is 481 g/mol. The number of aliphatic imine (C=N–C) groups is 1. The van der Waals surface area contributed by atoms with Crippen LogP contribution >= 0.6 is 0 Å². The van der Waals surface area contributed by atoms with Crippen molar-refractivity contribution in [3.8, 4) is 5.75 Å². The largest absolute Gasteiger partial charge is 0.497 e. The van der Waals surface area contributed by atoms with Gasteiger partial charge in [0.05, 0.1) is 13.7 Å². The van der Waals surface area contributed by atoms with Crippen LogP contribution in [0.4, 0.5) is 13.2 Å². The number of carbonyl (C=O) groups excluding carboxylic acids is 2. The van der Waals surface area contributed by atoms with Crippen molar-refractivity contribution in [2.45, 2.75) is 25.3 Å². The predicted octanol–water partition coefficient (Wildman–Crippen LogP) is 4.48. The lowest BCUT2D eigenvalue weighted by Gasteiger charge is -2.29. The number of halogens is 3. The highest BCUT2D eigenvalue weighted by molar-refractivity contribution is 6.16. The lowest BCUT2D eigenvalue weighted by Crippen LogP contribution is -2.63. The van der Waals surface area contributed by atoms with E-state index in [2.05, 4.69) is 4.99 Å². The quantitative estimate of drug-likeness (QED) is 0.564. The van der Waals surface area contributed by atoms with Crippen LogP contribution in [0, 0.1) is 6.92 Å². The first-order chi connectivity index (χ1) is 16.6. The van der Waals surface area contributed by atoms with Gasteiger partial charge in [0, 0.05) is 11.1 Å². The molecule has 35 heavy (non-hydrogen) atoms. The molecule has 1 heterocycles. The van der Waals surface area contributed by atoms with Crippen LogP contribution in [0.25, 0.3) is 0 Å². The SMILES string of the molecule is COc1ccc(CN2C(=O)[C@](NC(=O)c3cccc(C)c3)(C(F)(F)F)N=C2c2ccccc2)cc1. The van der Waals surface area contributed by atoms with E-state index >= 15 is 0 Å². The van der Waals surface area contributed by atoms with E-state index in [1.807, 2.05) is 5.32 Å². The molecule has 0 saturated carbocycles. The van der Waals surface area contributed by atoms with Crippen molar-refractivity contribution < 1.29 is 27.5 Å². The summed E-state index contributed by atoms with van der Waals surface area (Å²) in [7, 11) is 1.49. The molecule has 1 atom stereocenters. The summed E-state index contributed by atoms with van der Waals surface area (Å²) in [5.41, 5.74) is -1.92. The van der Waals surface area contributed by atoms with Crippen molar-refractivity contribution in [1.29, 1.82) is 0 Å². The molecule has 0 fully saturated rings. The number of amides is 2. The van der Waals surface area contributed by atoms with Crippen LogP contribution in [0.3, 0.4) is 0 Å². The van der Waals surface area contributed by atoms with Gasteiger partial charge in [-0.25, -0.2) is 4.99 Å². The Balaban J connectivity index is 1.78. The summed E-state index contributed by atoms with van der Waals surface area (Å²) in [5, 5.41) is 1.90. The van der Waals surface area contributed by atoms with Gasteiger partial charge in [-0.15, -0.1) is 0 Å². The van der Waals surface area contributed by atoms with E-state index < -0.39 is 23.7 Å². The molecule has 1 N–H and O–H groups in total. The Morgan fingerprint density at radius 2 is 1.71 bits per heavy atom. The first kappa shape index (κ1) is 24.0. The predicted molar refractivity (Wildman–Crippen MR) is 124 cm³/mol. The van der Waals surface area contributed by atoms with Crippen LogP contribution in [-0.4, -0.2) is 41.5 Å². The van der Waals surface area contributed by atoms with E-state index in [-0.39, 0.29) is 17.9 Å². The summed E-state index contributed by atoms with van der Waals surface area (Å²) >= 11 is 0. The fourth-order valence-corrected chi connectivity index (χ4v) is 3.79. The Hall–Kier alpha value is -4.14. The third kappa shape index (κ3) is 4.62. The molecule has 2 amide bonds. The number of methoxy groups -OCH3 is 1. The zero-order valence-electron chi connectivity index (χ0n) is 19.0. The van der Waals surface area contributed by atoms with Crippen molar-refractivity contribution in [3.05, 3.63) is 101 Å². The molecular weight excluding hydrogens is 459 g/mol. The molecule has 3 aromatic carbocycles. The normalized spacial score (nSPS) is 17.8. The summed E-state index contributed by atoms with van der Waals surface area (Å²) in [6.07, 6.45) is -5.20. The smallest absolute Gasteiger partial charge is 0.442 e. The molecule has 4 rings (SSSR count). The van der Waals surface area contributed by atoms with Gasteiger partial charge in [0.15, 0.2) is 0 Å². The van der Waals surface area contributed by atoms with Crippen LogP contribution in [0.2, 0.25) is 0 Å². The van der Waals surface area contributed by atoms with Crippen LogP contribution < -0.4 is 10.1 Å². The Bertz CT molecular complexity index is 1270. The van der Waals surface area contributed by atoms with E-state index in [1.54, 1.807) is 73.7 Å². The minimum absolute atomic E-state index is 0.00788. The molecule has 0 unspecified atom stereocenters. The van der Waals surface area contributed by atoms with Gasteiger partial charge >= 0.3 is 11.8 Å². The van der Waals surface area contributed by atoms with Crippen LogP contribution in [0.15, 0.2) is 83.9 Å². The first-order valence-corrected chi connectivity index (χ1v) is 10.7. The third-order valence-electron chi connectivity index (χ3n) is 5.60. The van der Waals surface area contributed by atoms with Gasteiger partial charge in [0.1, 0.15) is 11.6 Å². The second kappa shape index (κ2) is 9.25. The molecule has 0 spiro atoms. The fourth-order valence-electron chi connectivity index (χ4n) is 3.79. The first-order valence-electron chi connectivity index (χ1n) is 10.7. The molecular formula is C26H22F3N3O3. The molecule has 0 aliphatic carbocycles. The second-order valence-electron chi connectivity index (χ2n) is 8.07. The highest BCUT2D eigenvalue weighted by Gasteiger charge is 2.67. The number of ether oxygens (including phenoxy) is 1. The maximum Gasteiger partial charge on any atom is 0.442 e. The van der Waals surface area contributed by atoms with Gasteiger partial charge in [0.25, 0.3) is 11.8 Å². The maximum atomic E-state index is 14.5. The molecule has 0 saturated heterocycles. The fraction of sp³-hybridized carbons (Fsp3) is 0.192. The summed E-state index contributed by atoms with van der Waals surface area (Å²) in [6, 6.07) is 20.7. The number of nitrogens with zero attached hydrogens (tertiary/aromatic N) is 2. The van der Waals surface area contributed by atoms with Gasteiger partial charge in [-0.1, -0.05) is 60.2 Å². The maximum absolute atomic E-state index is 14.5. The van der Waals surface area contributed by atoms with Crippen LogP contribution in [0.1, 0.15) is 27.0 Å².